The van der Waals surface area contributed by atoms with Crippen molar-refractivity contribution in [3.63, 3.8) is 0 Å². The van der Waals surface area contributed by atoms with Crippen LogP contribution in [-0.4, -0.2) is 24.1 Å². The topological polar surface area (TPSA) is 50.9 Å². The number of aromatic nitrogens is 5. The van der Waals surface area contributed by atoms with Crippen LogP contribution in [0.5, 0.6) is 0 Å². The Kier molecular flexibility index (Phi) is 1.11. The Morgan fingerprint density at radius 1 is 1.23 bits per heavy atom. The molecule has 3 rings (SSSR count). The summed E-state index contributed by atoms with van der Waals surface area (Å²) >= 11 is 0. The van der Waals surface area contributed by atoms with Crippen LogP contribution in [0.25, 0.3) is 11.5 Å². The van der Waals surface area contributed by atoms with Crippen LogP contribution in [0.4, 0.5) is 0 Å². The Hall–Kier alpha value is -2.04. The number of hydrogen-bond donors (Lipinski definition) is 1. The lowest BCUT2D eigenvalue weighted by Gasteiger charge is -1.93. The molecule has 0 bridgehead atoms. The van der Waals surface area contributed by atoms with Crippen molar-refractivity contribution in [2.75, 3.05) is 0 Å². The molecule has 0 amide bonds. The van der Waals surface area contributed by atoms with Crippen molar-refractivity contribution in [2.24, 2.45) is 0 Å². The lowest BCUT2D eigenvalue weighted by atomic mass is 10.6. The number of nitrogens with one attached hydrogen (secondary N) is 1. The lowest BCUT2D eigenvalue weighted by molar-refractivity contribution is 0.902. The maximum absolute atomic E-state index is 4.15. The summed E-state index contributed by atoms with van der Waals surface area (Å²) in [6, 6.07) is 1.96. The van der Waals surface area contributed by atoms with Gasteiger partial charge in [0.05, 0.1) is 0 Å². The summed E-state index contributed by atoms with van der Waals surface area (Å²) in [5, 5.41) is 3.16. The maximum Gasteiger partial charge on any atom is 0.155 e. The first-order valence-corrected chi connectivity index (χ1v) is 3.94. The minimum atomic E-state index is 0.906. The summed E-state index contributed by atoms with van der Waals surface area (Å²) < 4.78 is 3.75. The van der Waals surface area contributed by atoms with Crippen molar-refractivity contribution in [3.8, 4) is 5.82 Å². The average Bonchev–Trinajstić information content (AvgIpc) is 2.78. The number of rotatable bonds is 1. The molecule has 3 aromatic rings. The molecule has 0 unspecified atom stereocenters. The number of H-pyrrole nitrogens is 1. The zero-order valence-electron chi connectivity index (χ0n) is 6.75. The van der Waals surface area contributed by atoms with Crippen molar-refractivity contribution in [3.05, 3.63) is 37.2 Å². The van der Waals surface area contributed by atoms with Gasteiger partial charge in [-0.1, -0.05) is 0 Å². The highest BCUT2D eigenvalue weighted by Gasteiger charge is 2.00. The summed E-state index contributed by atoms with van der Waals surface area (Å²) in [5.74, 6) is 0.959. The normalized spacial score (nSPS) is 11.1. The molecule has 0 saturated carbocycles. The first-order chi connectivity index (χ1) is 6.43. The molecule has 3 heterocycles. The molecular weight excluding hydrogens is 166 g/mol. The molecule has 0 saturated heterocycles. The summed E-state index contributed by atoms with van der Waals surface area (Å²) in [5.41, 5.74) is 0.906. The van der Waals surface area contributed by atoms with Crippen LogP contribution in [0, 0.1) is 0 Å². The van der Waals surface area contributed by atoms with E-state index in [0.717, 1.165) is 11.5 Å². The second kappa shape index (κ2) is 2.22. The molecule has 5 nitrogen and oxygen atoms in total. The van der Waals surface area contributed by atoms with Crippen LogP contribution in [0.15, 0.2) is 37.2 Å². The maximum atomic E-state index is 4.15. The lowest BCUT2D eigenvalue weighted by Crippen LogP contribution is -1.90. The van der Waals surface area contributed by atoms with Gasteiger partial charge < -0.3 is 0 Å². The Balaban J connectivity index is 2.23. The van der Waals surface area contributed by atoms with Crippen LogP contribution in [-0.2, 0) is 0 Å². The average molecular weight is 173 g/mol. The molecule has 0 aliphatic carbocycles. The zero-order chi connectivity index (χ0) is 8.67. The van der Waals surface area contributed by atoms with Gasteiger partial charge in [0.25, 0.3) is 0 Å². The van der Waals surface area contributed by atoms with E-state index in [1.165, 1.54) is 0 Å². The fourth-order valence-electron chi connectivity index (χ4n) is 1.33. The van der Waals surface area contributed by atoms with E-state index >= 15 is 0 Å². The second-order valence-corrected chi connectivity index (χ2v) is 2.77. The highest BCUT2D eigenvalue weighted by atomic mass is 15.3. The van der Waals surface area contributed by atoms with Crippen molar-refractivity contribution in [1.82, 2.24) is 24.1 Å². The molecule has 0 spiro atoms. The Morgan fingerprint density at radius 3 is 3.00 bits per heavy atom. The molecule has 0 aliphatic rings. The smallest absolute Gasteiger partial charge is 0.155 e. The van der Waals surface area contributed by atoms with Crippen molar-refractivity contribution >= 4 is 5.65 Å². The Morgan fingerprint density at radius 2 is 2.23 bits per heavy atom. The third kappa shape index (κ3) is 0.868. The third-order valence-electron chi connectivity index (χ3n) is 1.95. The molecule has 0 fully saturated rings. The van der Waals surface area contributed by atoms with E-state index in [1.807, 2.05) is 27.5 Å². The Labute approximate surface area is 73.6 Å². The molecule has 3 aromatic heterocycles. The minimum Gasteiger partial charge on any atom is -0.291 e. The van der Waals surface area contributed by atoms with E-state index in [1.54, 1.807) is 18.7 Å². The molecule has 0 aliphatic heterocycles. The Bertz CT molecular complexity index is 487. The highest BCUT2D eigenvalue weighted by Crippen LogP contribution is 2.07. The summed E-state index contributed by atoms with van der Waals surface area (Å²) in [6.45, 7) is 0. The summed E-state index contributed by atoms with van der Waals surface area (Å²) in [4.78, 5) is 8.11. The van der Waals surface area contributed by atoms with Gasteiger partial charge in [0.2, 0.25) is 0 Å². The fraction of sp³-hybridized carbons (Fsp3) is 0. The van der Waals surface area contributed by atoms with Gasteiger partial charge in [-0.3, -0.25) is 9.67 Å². The van der Waals surface area contributed by atoms with Gasteiger partial charge in [0, 0.05) is 30.9 Å². The third-order valence-corrected chi connectivity index (χ3v) is 1.95. The first kappa shape index (κ1) is 6.47. The second-order valence-electron chi connectivity index (χ2n) is 2.77. The quantitative estimate of drug-likeness (QED) is 0.593. The van der Waals surface area contributed by atoms with Gasteiger partial charge in [-0.2, -0.15) is 0 Å². The van der Waals surface area contributed by atoms with Crippen LogP contribution >= 0.6 is 0 Å². The fourth-order valence-corrected chi connectivity index (χ4v) is 1.33. The number of nitrogens with zero attached hydrogens (tertiary/aromatic N) is 4. The predicted molar refractivity (Wildman–Crippen MR) is 46.7 cm³/mol. The predicted octanol–water partition coefficient (Wildman–Crippen LogP) is 0.848. The molecule has 0 radical (unpaired) electrons. The van der Waals surface area contributed by atoms with Crippen molar-refractivity contribution in [1.29, 1.82) is 0 Å². The molecule has 0 aromatic carbocycles. The summed E-state index contributed by atoms with van der Waals surface area (Å²) in [6.07, 6.45) is 8.99. The van der Waals surface area contributed by atoms with Gasteiger partial charge in [-0.05, 0) is 0 Å². The number of aromatic amines is 1. The van der Waals surface area contributed by atoms with Crippen molar-refractivity contribution < 1.29 is 0 Å². The SMILES string of the molecule is c1cn(-c2cc3nccn3[nH]2)cn1. The van der Waals surface area contributed by atoms with Gasteiger partial charge in [0.1, 0.15) is 12.1 Å². The van der Waals surface area contributed by atoms with Gasteiger partial charge >= 0.3 is 0 Å². The van der Waals surface area contributed by atoms with E-state index in [9.17, 15) is 0 Å². The van der Waals surface area contributed by atoms with E-state index in [4.69, 9.17) is 0 Å². The van der Waals surface area contributed by atoms with Crippen LogP contribution in [0.1, 0.15) is 0 Å². The molecule has 0 atom stereocenters. The van der Waals surface area contributed by atoms with Crippen LogP contribution in [0.2, 0.25) is 0 Å². The molecule has 1 N–H and O–H groups in total. The van der Waals surface area contributed by atoms with Crippen molar-refractivity contribution in [2.45, 2.75) is 0 Å². The van der Waals surface area contributed by atoms with Gasteiger partial charge in [0.15, 0.2) is 5.65 Å². The van der Waals surface area contributed by atoms with Crippen LogP contribution < -0.4 is 0 Å². The number of imidazole rings is 2. The van der Waals surface area contributed by atoms with Gasteiger partial charge in [-0.15, -0.1) is 0 Å². The molecular formula is C8H7N5. The summed E-state index contributed by atoms with van der Waals surface area (Å²) in [7, 11) is 0. The molecule has 5 heteroatoms. The number of hydrogen-bond acceptors (Lipinski definition) is 2. The highest BCUT2D eigenvalue weighted by molar-refractivity contribution is 5.44. The molecule has 64 valence electrons. The number of fused-ring (bicyclic) bond motifs is 1. The van der Waals surface area contributed by atoms with E-state index in [-0.39, 0.29) is 0 Å². The monoisotopic (exact) mass is 173 g/mol. The molecule has 13 heavy (non-hydrogen) atoms. The van der Waals surface area contributed by atoms with E-state index < -0.39 is 0 Å². The minimum absolute atomic E-state index is 0.906. The van der Waals surface area contributed by atoms with E-state index in [2.05, 4.69) is 15.1 Å². The first-order valence-electron chi connectivity index (χ1n) is 3.94. The zero-order valence-corrected chi connectivity index (χ0v) is 6.75. The van der Waals surface area contributed by atoms with Crippen LogP contribution in [0.3, 0.4) is 0 Å². The standard InChI is InChI=1S/C8H7N5/c1-3-12(6-9-1)8-5-7-10-2-4-13(7)11-8/h1-6,11H. The van der Waals surface area contributed by atoms with E-state index in [0.29, 0.717) is 0 Å². The largest absolute Gasteiger partial charge is 0.291 e. The van der Waals surface area contributed by atoms with Gasteiger partial charge in [-0.25, -0.2) is 14.5 Å².